The lowest BCUT2D eigenvalue weighted by Crippen LogP contribution is -2.51. The Hall–Kier alpha value is -3.06. The van der Waals surface area contributed by atoms with Crippen LogP contribution in [-0.2, 0) is 9.59 Å². The molecule has 1 saturated heterocycles. The fraction of sp³-hybridized carbons (Fsp3) is 0.364. The molecule has 2 aromatic rings. The van der Waals surface area contributed by atoms with Gasteiger partial charge in [-0.3, -0.25) is 14.5 Å². The normalized spacial score (nSPS) is 19.4. The molecule has 2 aromatic carbocycles. The van der Waals surface area contributed by atoms with Crippen LogP contribution >= 0.6 is 0 Å². The van der Waals surface area contributed by atoms with Crippen LogP contribution in [-0.4, -0.2) is 55.1 Å². The van der Waals surface area contributed by atoms with Crippen molar-refractivity contribution in [2.24, 2.45) is 0 Å². The van der Waals surface area contributed by atoms with E-state index in [2.05, 4.69) is 15.5 Å². The zero-order chi connectivity index (χ0) is 20.1. The molecule has 0 aliphatic carbocycles. The highest BCUT2D eigenvalue weighted by atomic mass is 16.6. The zero-order valence-corrected chi connectivity index (χ0v) is 16.2. The van der Waals surface area contributed by atoms with Crippen LogP contribution in [0.2, 0.25) is 0 Å². The van der Waals surface area contributed by atoms with Crippen LogP contribution in [0.15, 0.2) is 54.6 Å². The summed E-state index contributed by atoms with van der Waals surface area (Å²) in [5.41, 5.74) is 0.802. The molecule has 0 aromatic heterocycles. The summed E-state index contributed by atoms with van der Waals surface area (Å²) in [5.74, 6) is 1.08. The Morgan fingerprint density at radius 3 is 2.41 bits per heavy atom. The summed E-state index contributed by atoms with van der Waals surface area (Å²) >= 11 is 0. The van der Waals surface area contributed by atoms with Crippen molar-refractivity contribution in [1.29, 1.82) is 0 Å². The zero-order valence-electron chi connectivity index (χ0n) is 16.2. The van der Waals surface area contributed by atoms with Gasteiger partial charge in [0.1, 0.15) is 6.61 Å². The minimum Gasteiger partial charge on any atom is -0.485 e. The molecular weight excluding hydrogens is 370 g/mol. The smallest absolute Gasteiger partial charge is 0.264 e. The first kappa shape index (κ1) is 19.3. The number of hydrogen-bond acceptors (Lipinski definition) is 5. The molecule has 29 heavy (non-hydrogen) atoms. The summed E-state index contributed by atoms with van der Waals surface area (Å²) in [5, 5.41) is 5.96. The minimum atomic E-state index is -0.639. The van der Waals surface area contributed by atoms with Crippen LogP contribution in [0.1, 0.15) is 12.8 Å². The first-order chi connectivity index (χ1) is 14.2. The summed E-state index contributed by atoms with van der Waals surface area (Å²) in [4.78, 5) is 26.8. The number of hydrogen-bond donors (Lipinski definition) is 2. The predicted molar refractivity (Wildman–Crippen MR) is 109 cm³/mol. The van der Waals surface area contributed by atoms with E-state index in [4.69, 9.17) is 9.47 Å². The molecule has 0 saturated carbocycles. The number of likely N-dealkylation sites (tertiary alicyclic amines) is 1. The molecule has 0 bridgehead atoms. The number of carbonyl (C=O) groups excluding carboxylic acids is 2. The monoisotopic (exact) mass is 395 g/mol. The maximum Gasteiger partial charge on any atom is 0.264 e. The number of piperidine rings is 1. The first-order valence-corrected chi connectivity index (χ1v) is 9.93. The van der Waals surface area contributed by atoms with Gasteiger partial charge in [0.05, 0.1) is 6.54 Å². The average molecular weight is 395 g/mol. The molecule has 0 spiro atoms. The number of ether oxygens (including phenoxy) is 2. The molecule has 4 rings (SSSR count). The van der Waals surface area contributed by atoms with Crippen molar-refractivity contribution in [3.05, 3.63) is 54.6 Å². The number of amides is 2. The summed E-state index contributed by atoms with van der Waals surface area (Å²) in [6.45, 7) is 2.09. The summed E-state index contributed by atoms with van der Waals surface area (Å²) in [6, 6.07) is 16.9. The Morgan fingerprint density at radius 1 is 0.966 bits per heavy atom. The highest BCUT2D eigenvalue weighted by Crippen LogP contribution is 2.30. The van der Waals surface area contributed by atoms with Gasteiger partial charge in [-0.2, -0.15) is 0 Å². The van der Waals surface area contributed by atoms with E-state index in [0.717, 1.165) is 31.6 Å². The molecule has 2 amide bonds. The maximum atomic E-state index is 12.5. The largest absolute Gasteiger partial charge is 0.485 e. The molecule has 2 aliphatic rings. The molecular formula is C22H25N3O4. The third-order valence-corrected chi connectivity index (χ3v) is 5.16. The van der Waals surface area contributed by atoms with Crippen molar-refractivity contribution < 1.29 is 19.1 Å². The van der Waals surface area contributed by atoms with Gasteiger partial charge in [0.2, 0.25) is 12.0 Å². The van der Waals surface area contributed by atoms with Gasteiger partial charge in [-0.15, -0.1) is 0 Å². The Balaban J connectivity index is 1.20. The Kier molecular flexibility index (Phi) is 5.95. The molecule has 0 unspecified atom stereocenters. The van der Waals surface area contributed by atoms with Crippen molar-refractivity contribution in [2.45, 2.75) is 25.0 Å². The molecule has 2 heterocycles. The molecule has 7 nitrogen and oxygen atoms in total. The highest BCUT2D eigenvalue weighted by molar-refractivity contribution is 5.92. The molecule has 2 aliphatic heterocycles. The Bertz CT molecular complexity index is 850. The predicted octanol–water partition coefficient (Wildman–Crippen LogP) is 2.05. The van der Waals surface area contributed by atoms with Crippen LogP contribution in [0.4, 0.5) is 5.69 Å². The maximum absolute atomic E-state index is 12.5. The fourth-order valence-corrected chi connectivity index (χ4v) is 3.60. The van der Waals surface area contributed by atoms with Crippen molar-refractivity contribution >= 4 is 17.5 Å². The minimum absolute atomic E-state index is 0.0231. The van der Waals surface area contributed by atoms with Crippen molar-refractivity contribution in [1.82, 2.24) is 10.2 Å². The second-order valence-corrected chi connectivity index (χ2v) is 7.34. The molecule has 7 heteroatoms. The summed E-state index contributed by atoms with van der Waals surface area (Å²) < 4.78 is 11.4. The molecule has 1 atom stereocenters. The molecule has 0 radical (unpaired) electrons. The third kappa shape index (κ3) is 5.06. The van der Waals surface area contributed by atoms with Crippen molar-refractivity contribution in [3.8, 4) is 11.5 Å². The van der Waals surface area contributed by atoms with Crippen LogP contribution in [0.3, 0.4) is 0 Å². The first-order valence-electron chi connectivity index (χ1n) is 9.93. The lowest BCUT2D eigenvalue weighted by molar-refractivity contribution is -0.131. The Labute approximate surface area is 170 Å². The number of para-hydroxylation sites is 3. The van der Waals surface area contributed by atoms with Crippen LogP contribution in [0, 0.1) is 0 Å². The lowest BCUT2D eigenvalue weighted by atomic mass is 10.0. The van der Waals surface area contributed by atoms with E-state index in [0.29, 0.717) is 18.0 Å². The standard InChI is InChI=1S/C22H25N3O4/c26-21(23-16-6-2-1-3-7-16)14-25-12-10-17(11-13-25)24-22(27)20-15-28-18-8-4-5-9-19(18)29-20/h1-9,17,20H,10-15H2,(H,23,26)(H,24,27)/t20-/m1/s1. The van der Waals surface area contributed by atoms with E-state index in [-0.39, 0.29) is 24.5 Å². The van der Waals surface area contributed by atoms with Gasteiger partial charge >= 0.3 is 0 Å². The van der Waals surface area contributed by atoms with E-state index in [1.807, 2.05) is 48.5 Å². The van der Waals surface area contributed by atoms with Gasteiger partial charge in [-0.25, -0.2) is 0 Å². The number of fused-ring (bicyclic) bond motifs is 1. The van der Waals surface area contributed by atoms with Gasteiger partial charge in [-0.05, 0) is 37.1 Å². The third-order valence-electron chi connectivity index (χ3n) is 5.16. The van der Waals surface area contributed by atoms with Crippen LogP contribution < -0.4 is 20.1 Å². The summed E-state index contributed by atoms with van der Waals surface area (Å²) in [6.07, 6.45) is 0.961. The number of carbonyl (C=O) groups is 2. The number of benzene rings is 2. The number of rotatable bonds is 5. The topological polar surface area (TPSA) is 79.9 Å². The van der Waals surface area contributed by atoms with Crippen molar-refractivity contribution in [3.63, 3.8) is 0 Å². The quantitative estimate of drug-likeness (QED) is 0.810. The van der Waals surface area contributed by atoms with Gasteiger partial charge in [0, 0.05) is 24.8 Å². The lowest BCUT2D eigenvalue weighted by Gasteiger charge is -2.33. The average Bonchev–Trinajstić information content (AvgIpc) is 2.75. The van der Waals surface area contributed by atoms with Gasteiger partial charge in [0.25, 0.3) is 5.91 Å². The molecule has 152 valence electrons. The van der Waals surface area contributed by atoms with E-state index < -0.39 is 6.10 Å². The van der Waals surface area contributed by atoms with Gasteiger partial charge < -0.3 is 20.1 Å². The van der Waals surface area contributed by atoms with E-state index >= 15 is 0 Å². The second-order valence-electron chi connectivity index (χ2n) is 7.34. The summed E-state index contributed by atoms with van der Waals surface area (Å²) in [7, 11) is 0. The SMILES string of the molecule is O=C(CN1CCC(NC(=O)[C@H]2COc3ccccc3O2)CC1)Nc1ccccc1. The van der Waals surface area contributed by atoms with E-state index in [9.17, 15) is 9.59 Å². The van der Waals surface area contributed by atoms with Crippen LogP contribution in [0.5, 0.6) is 11.5 Å². The van der Waals surface area contributed by atoms with Gasteiger partial charge in [-0.1, -0.05) is 30.3 Å². The van der Waals surface area contributed by atoms with Gasteiger partial charge in [0.15, 0.2) is 11.5 Å². The second kappa shape index (κ2) is 8.96. The number of anilines is 1. The number of nitrogens with one attached hydrogen (secondary N) is 2. The number of nitrogens with zero attached hydrogens (tertiary/aromatic N) is 1. The van der Waals surface area contributed by atoms with Crippen LogP contribution in [0.25, 0.3) is 0 Å². The van der Waals surface area contributed by atoms with Crippen molar-refractivity contribution in [2.75, 3.05) is 31.6 Å². The Morgan fingerprint density at radius 2 is 1.66 bits per heavy atom. The highest BCUT2D eigenvalue weighted by Gasteiger charge is 2.30. The fourth-order valence-electron chi connectivity index (χ4n) is 3.60. The molecule has 1 fully saturated rings. The van der Waals surface area contributed by atoms with E-state index in [1.54, 1.807) is 6.07 Å². The van der Waals surface area contributed by atoms with E-state index in [1.165, 1.54) is 0 Å². The molecule has 2 N–H and O–H groups in total.